The van der Waals surface area contributed by atoms with E-state index in [9.17, 15) is 9.59 Å². The van der Waals surface area contributed by atoms with Gasteiger partial charge in [0.05, 0.1) is 30.5 Å². The highest BCUT2D eigenvalue weighted by atomic mass is 32.2. The fourth-order valence-corrected chi connectivity index (χ4v) is 4.40. The Balaban J connectivity index is 1.70. The molecular weight excluding hydrogens is 450 g/mol. The maximum absolute atomic E-state index is 13.3. The first-order valence-corrected chi connectivity index (χ1v) is 12.7. The second-order valence-electron chi connectivity index (χ2n) is 9.40. The Bertz CT molecular complexity index is 1080. The second kappa shape index (κ2) is 11.9. The molecule has 1 amide bonds. The second-order valence-corrected chi connectivity index (χ2v) is 10.5. The van der Waals surface area contributed by atoms with Crippen molar-refractivity contribution in [1.29, 1.82) is 5.26 Å². The molecule has 3 rings (SSSR count). The van der Waals surface area contributed by atoms with Crippen LogP contribution in [0.1, 0.15) is 52.1 Å². The van der Waals surface area contributed by atoms with Crippen LogP contribution in [0.25, 0.3) is 5.69 Å². The van der Waals surface area contributed by atoms with Crippen LogP contribution in [0, 0.1) is 16.7 Å². The maximum Gasteiger partial charge on any atom is 0.282 e. The van der Waals surface area contributed by atoms with E-state index in [-0.39, 0.29) is 16.9 Å². The minimum atomic E-state index is -0.111. The molecule has 1 aliphatic heterocycles. The first-order chi connectivity index (χ1) is 16.3. The number of carbonyl (C=O) groups excluding carboxylic acids is 1. The lowest BCUT2D eigenvalue weighted by molar-refractivity contribution is -0.121. The summed E-state index contributed by atoms with van der Waals surface area (Å²) >= 11 is 1.47. The molecule has 0 bridgehead atoms. The van der Waals surface area contributed by atoms with Gasteiger partial charge in [0, 0.05) is 31.7 Å². The molecule has 0 unspecified atom stereocenters. The number of hydrogen-bond donors (Lipinski definition) is 2. The first-order valence-electron chi connectivity index (χ1n) is 11.7. The lowest BCUT2D eigenvalue weighted by atomic mass is 9.93. The van der Waals surface area contributed by atoms with E-state index in [2.05, 4.69) is 31.4 Å². The third kappa shape index (κ3) is 7.26. The highest BCUT2D eigenvalue weighted by molar-refractivity contribution is 7.99. The van der Waals surface area contributed by atoms with Crippen LogP contribution in [0.5, 0.6) is 5.75 Å². The van der Waals surface area contributed by atoms with Gasteiger partial charge in [0.25, 0.3) is 5.56 Å². The van der Waals surface area contributed by atoms with E-state index in [0.717, 1.165) is 30.0 Å². The number of anilines is 1. The van der Waals surface area contributed by atoms with Crippen LogP contribution in [-0.2, 0) is 11.2 Å². The number of nitrogens with one attached hydrogen (secondary N) is 2. The molecule has 0 spiro atoms. The summed E-state index contributed by atoms with van der Waals surface area (Å²) in [5, 5.41) is 15.1. The molecular formula is C25H33N5O3S. The molecule has 9 heteroatoms. The predicted octanol–water partition coefficient (Wildman–Crippen LogP) is 3.92. The number of thioether (sulfide) groups is 1. The van der Waals surface area contributed by atoms with Crippen molar-refractivity contribution < 1.29 is 9.53 Å². The topological polar surface area (TPSA) is 109 Å². The lowest BCUT2D eigenvalue weighted by Gasteiger charge is -2.18. The van der Waals surface area contributed by atoms with E-state index in [0.29, 0.717) is 55.6 Å². The molecule has 1 aliphatic rings. The van der Waals surface area contributed by atoms with Crippen LogP contribution < -0.4 is 20.9 Å². The normalized spacial score (nSPS) is 12.5. The van der Waals surface area contributed by atoms with Gasteiger partial charge >= 0.3 is 0 Å². The summed E-state index contributed by atoms with van der Waals surface area (Å²) < 4.78 is 7.50. The van der Waals surface area contributed by atoms with Gasteiger partial charge in [0.15, 0.2) is 5.16 Å². The monoisotopic (exact) mass is 483 g/mol. The molecule has 182 valence electrons. The lowest BCUT2D eigenvalue weighted by Crippen LogP contribution is -2.24. The van der Waals surface area contributed by atoms with E-state index in [4.69, 9.17) is 15.0 Å². The molecule has 0 aliphatic carbocycles. The van der Waals surface area contributed by atoms with Gasteiger partial charge in [-0.25, -0.2) is 4.98 Å². The fourth-order valence-electron chi connectivity index (χ4n) is 3.44. The summed E-state index contributed by atoms with van der Waals surface area (Å²) in [6, 6.07) is 9.52. The van der Waals surface area contributed by atoms with Gasteiger partial charge in [-0.2, -0.15) is 5.26 Å². The molecule has 0 radical (unpaired) electrons. The SMILES string of the molecule is CC(C)(C)CCOc1ccc(-n2c(SCCCC(=O)NCCC#N)nc3c(c2=O)NCC3)cc1. The maximum atomic E-state index is 13.3. The van der Waals surface area contributed by atoms with Crippen LogP contribution in [-0.4, -0.2) is 40.9 Å². The highest BCUT2D eigenvalue weighted by Gasteiger charge is 2.21. The van der Waals surface area contributed by atoms with Crippen LogP contribution in [0.4, 0.5) is 5.69 Å². The molecule has 2 heterocycles. The fraction of sp³-hybridized carbons (Fsp3) is 0.520. The molecule has 0 saturated carbocycles. The van der Waals surface area contributed by atoms with Crippen LogP contribution in [0.15, 0.2) is 34.2 Å². The van der Waals surface area contributed by atoms with Gasteiger partial charge in [-0.3, -0.25) is 14.2 Å². The largest absolute Gasteiger partial charge is 0.494 e. The van der Waals surface area contributed by atoms with Crippen molar-refractivity contribution in [2.45, 2.75) is 58.0 Å². The summed E-state index contributed by atoms with van der Waals surface area (Å²) in [5.41, 5.74) is 2.18. The third-order valence-corrected chi connectivity index (χ3v) is 6.37. The van der Waals surface area contributed by atoms with Crippen molar-refractivity contribution >= 4 is 23.4 Å². The summed E-state index contributed by atoms with van der Waals surface area (Å²) in [6.45, 7) is 8.26. The summed E-state index contributed by atoms with van der Waals surface area (Å²) in [5.74, 6) is 1.35. The van der Waals surface area contributed by atoms with Crippen molar-refractivity contribution in [2.75, 3.05) is 30.8 Å². The molecule has 1 aromatic heterocycles. The molecule has 0 atom stereocenters. The molecule has 0 saturated heterocycles. The summed E-state index contributed by atoms with van der Waals surface area (Å²) in [4.78, 5) is 29.9. The number of hydrogen-bond acceptors (Lipinski definition) is 7. The molecule has 2 N–H and O–H groups in total. The van der Waals surface area contributed by atoms with E-state index in [1.165, 1.54) is 11.8 Å². The van der Waals surface area contributed by atoms with Crippen LogP contribution in [0.3, 0.4) is 0 Å². The van der Waals surface area contributed by atoms with Gasteiger partial charge in [-0.05, 0) is 42.5 Å². The van der Waals surface area contributed by atoms with Gasteiger partial charge in [0.1, 0.15) is 11.4 Å². The standard InChI is InChI=1S/C25H33N5O3S/c1-25(2,3)12-16-33-19-9-7-18(8-10-19)30-23(32)22-20(11-15-28-22)29-24(30)34-17-4-6-21(31)27-14-5-13-26/h7-10,28H,4-6,11-12,14-17H2,1-3H3,(H,27,31). The Morgan fingerprint density at radius 2 is 2.09 bits per heavy atom. The minimum absolute atomic E-state index is 0.0681. The number of fused-ring (bicyclic) bond motifs is 1. The first kappa shape index (κ1) is 25.6. The minimum Gasteiger partial charge on any atom is -0.494 e. The Hall–Kier alpha value is -2.99. The molecule has 34 heavy (non-hydrogen) atoms. The van der Waals surface area contributed by atoms with E-state index >= 15 is 0 Å². The Morgan fingerprint density at radius 3 is 2.79 bits per heavy atom. The zero-order chi connectivity index (χ0) is 24.6. The van der Waals surface area contributed by atoms with Gasteiger partial charge < -0.3 is 15.4 Å². The van der Waals surface area contributed by atoms with Gasteiger partial charge in [-0.15, -0.1) is 0 Å². The molecule has 8 nitrogen and oxygen atoms in total. The predicted molar refractivity (Wildman–Crippen MR) is 135 cm³/mol. The Morgan fingerprint density at radius 1 is 1.32 bits per heavy atom. The van der Waals surface area contributed by atoms with E-state index in [1.807, 2.05) is 30.3 Å². The van der Waals surface area contributed by atoms with Crippen LogP contribution in [0.2, 0.25) is 0 Å². The van der Waals surface area contributed by atoms with Crippen molar-refractivity contribution in [1.82, 2.24) is 14.9 Å². The molecule has 2 aromatic rings. The zero-order valence-corrected chi connectivity index (χ0v) is 21.0. The third-order valence-electron chi connectivity index (χ3n) is 5.35. The Labute approximate surface area is 205 Å². The number of carbonyl (C=O) groups is 1. The molecule has 0 fully saturated rings. The number of benzene rings is 1. The number of rotatable bonds is 11. The van der Waals surface area contributed by atoms with E-state index < -0.39 is 0 Å². The smallest absolute Gasteiger partial charge is 0.282 e. The average molecular weight is 484 g/mol. The molecule has 1 aromatic carbocycles. The number of nitrogens with zero attached hydrogens (tertiary/aromatic N) is 3. The van der Waals surface area contributed by atoms with Gasteiger partial charge in [0.2, 0.25) is 5.91 Å². The Kier molecular flexibility index (Phi) is 8.99. The zero-order valence-electron chi connectivity index (χ0n) is 20.1. The summed E-state index contributed by atoms with van der Waals surface area (Å²) in [7, 11) is 0. The van der Waals surface area contributed by atoms with Crippen LogP contribution >= 0.6 is 11.8 Å². The summed E-state index contributed by atoms with van der Waals surface area (Å²) in [6.07, 6.45) is 3.00. The number of nitriles is 1. The number of amides is 1. The highest BCUT2D eigenvalue weighted by Crippen LogP contribution is 2.26. The van der Waals surface area contributed by atoms with E-state index in [1.54, 1.807) is 4.57 Å². The van der Waals surface area contributed by atoms with Crippen molar-refractivity contribution in [3.63, 3.8) is 0 Å². The number of aromatic nitrogens is 2. The van der Waals surface area contributed by atoms with Gasteiger partial charge in [-0.1, -0.05) is 32.5 Å². The van der Waals surface area contributed by atoms with Crippen molar-refractivity contribution in [3.05, 3.63) is 40.3 Å². The van der Waals surface area contributed by atoms with Crippen molar-refractivity contribution in [2.24, 2.45) is 5.41 Å². The van der Waals surface area contributed by atoms with Crippen molar-refractivity contribution in [3.8, 4) is 17.5 Å². The average Bonchev–Trinajstić information content (AvgIpc) is 3.26. The quantitative estimate of drug-likeness (QED) is 0.283. The number of ether oxygens (including phenoxy) is 1.